The highest BCUT2D eigenvalue weighted by molar-refractivity contribution is 7.88. The van der Waals surface area contributed by atoms with E-state index in [1.54, 1.807) is 0 Å². The van der Waals surface area contributed by atoms with Gasteiger partial charge in [-0.05, 0) is 57.2 Å². The molecule has 0 aromatic rings. The summed E-state index contributed by atoms with van der Waals surface area (Å²) in [5.41, 5.74) is 0. The minimum absolute atomic E-state index is 0.415. The van der Waals surface area contributed by atoms with Crippen molar-refractivity contribution in [2.75, 3.05) is 45.5 Å². The molecule has 4 saturated heterocycles. The van der Waals surface area contributed by atoms with Crippen molar-refractivity contribution in [1.82, 2.24) is 14.5 Å². The summed E-state index contributed by atoms with van der Waals surface area (Å²) in [6.45, 7) is 6.72. The van der Waals surface area contributed by atoms with Gasteiger partial charge in [0, 0.05) is 25.7 Å². The summed E-state index contributed by atoms with van der Waals surface area (Å²) >= 11 is 0. The first-order valence-corrected chi connectivity index (χ1v) is 9.81. The number of likely N-dealkylation sites (tertiary alicyclic amines) is 1. The maximum absolute atomic E-state index is 11.2. The number of rotatable bonds is 5. The van der Waals surface area contributed by atoms with Crippen LogP contribution in [0.5, 0.6) is 0 Å². The second-order valence-electron chi connectivity index (χ2n) is 6.82. The molecule has 4 atom stereocenters. The first-order chi connectivity index (χ1) is 9.51. The molecule has 5 nitrogen and oxygen atoms in total. The molecule has 4 rings (SSSR count). The minimum Gasteiger partial charge on any atom is -0.303 e. The molecule has 1 N–H and O–H groups in total. The van der Waals surface area contributed by atoms with Crippen molar-refractivity contribution in [3.8, 4) is 0 Å². The third kappa shape index (κ3) is 3.53. The van der Waals surface area contributed by atoms with Crippen LogP contribution in [0.25, 0.3) is 0 Å². The maximum atomic E-state index is 11.2. The van der Waals surface area contributed by atoms with Crippen molar-refractivity contribution in [3.63, 3.8) is 0 Å². The second-order valence-corrected chi connectivity index (χ2v) is 8.65. The number of piperidine rings is 3. The zero-order chi connectivity index (χ0) is 14.2. The molecule has 4 aliphatic heterocycles. The third-order valence-electron chi connectivity index (χ3n) is 5.29. The summed E-state index contributed by atoms with van der Waals surface area (Å²) in [5, 5.41) is 0. The van der Waals surface area contributed by atoms with Crippen LogP contribution in [0.1, 0.15) is 25.7 Å². The van der Waals surface area contributed by atoms with Crippen LogP contribution in [0.4, 0.5) is 0 Å². The molecule has 4 heterocycles. The highest BCUT2D eigenvalue weighted by atomic mass is 32.2. The number of fused-ring (bicyclic) bond motifs is 3. The van der Waals surface area contributed by atoms with Crippen LogP contribution in [0.3, 0.4) is 0 Å². The second kappa shape index (κ2) is 5.91. The summed E-state index contributed by atoms with van der Waals surface area (Å²) in [6, 6.07) is 0.415. The van der Waals surface area contributed by atoms with Crippen LogP contribution in [-0.4, -0.2) is 69.8 Å². The van der Waals surface area contributed by atoms with Crippen LogP contribution in [-0.2, 0) is 10.0 Å². The Kier molecular flexibility index (Phi) is 4.36. The summed E-state index contributed by atoms with van der Waals surface area (Å²) in [6.07, 6.45) is 6.44. The lowest BCUT2D eigenvalue weighted by Crippen LogP contribution is -2.58. The van der Waals surface area contributed by atoms with Crippen molar-refractivity contribution < 1.29 is 8.42 Å². The van der Waals surface area contributed by atoms with Crippen molar-refractivity contribution in [2.24, 2.45) is 11.8 Å². The zero-order valence-electron chi connectivity index (χ0n) is 12.4. The van der Waals surface area contributed by atoms with Gasteiger partial charge in [-0.1, -0.05) is 0 Å². The van der Waals surface area contributed by atoms with Gasteiger partial charge in [-0.3, -0.25) is 4.90 Å². The number of nitrogens with zero attached hydrogens (tertiary/aromatic N) is 2. The Balaban J connectivity index is 1.52. The van der Waals surface area contributed by atoms with E-state index in [-0.39, 0.29) is 0 Å². The molecule has 20 heavy (non-hydrogen) atoms. The Bertz CT molecular complexity index is 434. The first-order valence-electron chi connectivity index (χ1n) is 7.92. The Labute approximate surface area is 122 Å². The largest absolute Gasteiger partial charge is 0.303 e. The average Bonchev–Trinajstić information content (AvgIpc) is 2.89. The highest BCUT2D eigenvalue weighted by Gasteiger charge is 2.40. The molecule has 0 radical (unpaired) electrons. The Morgan fingerprint density at radius 3 is 2.55 bits per heavy atom. The monoisotopic (exact) mass is 301 g/mol. The van der Waals surface area contributed by atoms with Crippen molar-refractivity contribution in [3.05, 3.63) is 0 Å². The van der Waals surface area contributed by atoms with Gasteiger partial charge in [0.15, 0.2) is 0 Å². The Morgan fingerprint density at radius 2 is 1.95 bits per heavy atom. The van der Waals surface area contributed by atoms with Crippen LogP contribution < -0.4 is 4.72 Å². The zero-order valence-corrected chi connectivity index (χ0v) is 13.2. The molecule has 0 spiro atoms. The van der Waals surface area contributed by atoms with Gasteiger partial charge in [-0.2, -0.15) is 0 Å². The van der Waals surface area contributed by atoms with Gasteiger partial charge in [-0.15, -0.1) is 0 Å². The molecule has 0 saturated carbocycles. The summed E-state index contributed by atoms with van der Waals surface area (Å²) in [5.74, 6) is 1.60. The van der Waals surface area contributed by atoms with E-state index in [1.165, 1.54) is 51.6 Å². The van der Waals surface area contributed by atoms with E-state index in [4.69, 9.17) is 0 Å². The van der Waals surface area contributed by atoms with Crippen LogP contribution in [0.2, 0.25) is 0 Å². The molecule has 0 aliphatic carbocycles. The van der Waals surface area contributed by atoms with E-state index >= 15 is 0 Å². The highest BCUT2D eigenvalue weighted by Crippen LogP contribution is 2.36. The lowest BCUT2D eigenvalue weighted by Gasteiger charge is -2.50. The van der Waals surface area contributed by atoms with E-state index in [0.29, 0.717) is 12.6 Å². The van der Waals surface area contributed by atoms with E-state index in [1.807, 2.05) is 0 Å². The van der Waals surface area contributed by atoms with Crippen LogP contribution >= 0.6 is 0 Å². The molecule has 1 unspecified atom stereocenters. The number of sulfonamides is 1. The number of nitrogens with one attached hydrogen (secondary N) is 1. The van der Waals surface area contributed by atoms with Gasteiger partial charge < -0.3 is 4.90 Å². The molecule has 0 aromatic carbocycles. The van der Waals surface area contributed by atoms with Crippen molar-refractivity contribution in [2.45, 2.75) is 31.7 Å². The van der Waals surface area contributed by atoms with Gasteiger partial charge in [0.1, 0.15) is 0 Å². The summed E-state index contributed by atoms with van der Waals surface area (Å²) < 4.78 is 25.2. The Morgan fingerprint density at radius 1 is 1.20 bits per heavy atom. The summed E-state index contributed by atoms with van der Waals surface area (Å²) in [7, 11) is -3.06. The van der Waals surface area contributed by atoms with E-state index in [0.717, 1.165) is 24.9 Å². The number of hydrogen-bond donors (Lipinski definition) is 1. The average molecular weight is 301 g/mol. The maximum Gasteiger partial charge on any atom is 0.208 e. The topological polar surface area (TPSA) is 52.7 Å². The lowest BCUT2D eigenvalue weighted by atomic mass is 9.75. The lowest BCUT2D eigenvalue weighted by molar-refractivity contribution is -0.00769. The van der Waals surface area contributed by atoms with Crippen LogP contribution in [0, 0.1) is 11.8 Å². The SMILES string of the molecule is CS(=O)(=O)NC[C@H]1C[C@@H]2CCN1C[C@@H]2CN1CCCC1. The molecular weight excluding hydrogens is 274 g/mol. The third-order valence-corrected chi connectivity index (χ3v) is 5.98. The minimum atomic E-state index is -3.06. The normalized spacial score (nSPS) is 38.5. The Hall–Kier alpha value is -0.170. The molecule has 4 fully saturated rings. The molecule has 0 aromatic heterocycles. The smallest absolute Gasteiger partial charge is 0.208 e. The fourth-order valence-corrected chi connectivity index (χ4v) is 4.71. The predicted octanol–water partition coefficient (Wildman–Crippen LogP) is 0.342. The van der Waals surface area contributed by atoms with Gasteiger partial charge in [-0.25, -0.2) is 13.1 Å². The van der Waals surface area contributed by atoms with Gasteiger partial charge >= 0.3 is 0 Å². The van der Waals surface area contributed by atoms with E-state index in [2.05, 4.69) is 14.5 Å². The molecule has 0 amide bonds. The number of hydrogen-bond acceptors (Lipinski definition) is 4. The predicted molar refractivity (Wildman–Crippen MR) is 80.1 cm³/mol. The fraction of sp³-hybridized carbons (Fsp3) is 1.00. The van der Waals surface area contributed by atoms with E-state index in [9.17, 15) is 8.42 Å². The molecule has 2 bridgehead atoms. The standard InChI is InChI=1S/C14H27N3O2S/c1-20(18,19)15-9-14-8-12-4-7-17(14)11-13(12)10-16-5-2-3-6-16/h12-15H,2-11H2,1H3/t12-,13-,14+/m0/s1. The molecular formula is C14H27N3O2S. The quantitative estimate of drug-likeness (QED) is 0.796. The van der Waals surface area contributed by atoms with Gasteiger partial charge in [0.2, 0.25) is 10.0 Å². The van der Waals surface area contributed by atoms with Crippen molar-refractivity contribution >= 4 is 10.0 Å². The molecule has 4 aliphatic rings. The van der Waals surface area contributed by atoms with Crippen LogP contribution in [0.15, 0.2) is 0 Å². The molecule has 6 heteroatoms. The van der Waals surface area contributed by atoms with Gasteiger partial charge in [0.05, 0.1) is 6.26 Å². The fourth-order valence-electron chi connectivity index (χ4n) is 4.21. The van der Waals surface area contributed by atoms with E-state index < -0.39 is 10.0 Å². The molecule has 116 valence electrons. The summed E-state index contributed by atoms with van der Waals surface area (Å²) in [4.78, 5) is 5.13. The first kappa shape index (κ1) is 14.8. The van der Waals surface area contributed by atoms with Gasteiger partial charge in [0.25, 0.3) is 0 Å². The van der Waals surface area contributed by atoms with Crippen molar-refractivity contribution in [1.29, 1.82) is 0 Å².